The molecule has 1 amide bonds. The number of aromatic nitrogens is 4. The van der Waals surface area contributed by atoms with Gasteiger partial charge >= 0.3 is 0 Å². The van der Waals surface area contributed by atoms with E-state index in [4.69, 9.17) is 0 Å². The van der Waals surface area contributed by atoms with Crippen LogP contribution in [0.15, 0.2) is 22.9 Å². The topological polar surface area (TPSA) is 87.1 Å². The van der Waals surface area contributed by atoms with E-state index in [1.807, 2.05) is 41.9 Å². The van der Waals surface area contributed by atoms with Gasteiger partial charge in [-0.1, -0.05) is 6.07 Å². The molecule has 4 rings (SSSR count). The summed E-state index contributed by atoms with van der Waals surface area (Å²) in [5.74, 6) is 1.59. The Bertz CT molecular complexity index is 949. The first-order valence-corrected chi connectivity index (χ1v) is 10.8. The molecule has 1 saturated heterocycles. The quantitative estimate of drug-likeness (QED) is 0.662. The Morgan fingerprint density at radius 2 is 2.00 bits per heavy atom. The third-order valence-corrected chi connectivity index (χ3v) is 6.06. The van der Waals surface area contributed by atoms with Crippen LogP contribution in [0.1, 0.15) is 28.5 Å². The maximum atomic E-state index is 12.5. The second kappa shape index (κ2) is 8.19. The van der Waals surface area contributed by atoms with Gasteiger partial charge in [0, 0.05) is 32.6 Å². The Morgan fingerprint density at radius 1 is 1.18 bits per heavy atom. The summed E-state index contributed by atoms with van der Waals surface area (Å²) >= 11 is 2.94. The van der Waals surface area contributed by atoms with E-state index >= 15 is 0 Å². The van der Waals surface area contributed by atoms with Crippen LogP contribution in [0.3, 0.4) is 0 Å². The standard InChI is InChI=1S/C18H21N7OS2/c1-24(2)17-21-14(22-18(23-17)25-7-3-4-8-25)10-19-15(26)16-20-12(11-28-16)13-6-5-9-27-13/h5-6,9,11H,3-4,7-8,10H2,1-2H3,(H,19,26). The summed E-state index contributed by atoms with van der Waals surface area (Å²) in [7, 11) is 3.79. The van der Waals surface area contributed by atoms with E-state index in [1.165, 1.54) is 11.3 Å². The smallest absolute Gasteiger partial charge is 0.280 e. The number of carbonyl (C=O) groups is 1. The van der Waals surface area contributed by atoms with Crippen molar-refractivity contribution in [2.75, 3.05) is 37.0 Å². The number of amides is 1. The monoisotopic (exact) mass is 415 g/mol. The zero-order chi connectivity index (χ0) is 19.5. The normalized spacial score (nSPS) is 13.7. The van der Waals surface area contributed by atoms with Gasteiger partial charge in [0.1, 0.15) is 0 Å². The highest BCUT2D eigenvalue weighted by atomic mass is 32.1. The first kappa shape index (κ1) is 18.8. The molecule has 0 aliphatic carbocycles. The van der Waals surface area contributed by atoms with Crippen LogP contribution in [0.5, 0.6) is 0 Å². The number of anilines is 2. The highest BCUT2D eigenvalue weighted by Gasteiger charge is 2.19. The first-order chi connectivity index (χ1) is 13.6. The fourth-order valence-corrected chi connectivity index (χ4v) is 4.38. The summed E-state index contributed by atoms with van der Waals surface area (Å²) in [4.78, 5) is 35.6. The Balaban J connectivity index is 1.47. The lowest BCUT2D eigenvalue weighted by Crippen LogP contribution is -2.27. The van der Waals surface area contributed by atoms with E-state index in [0.717, 1.165) is 36.5 Å². The molecular formula is C18H21N7OS2. The molecule has 0 bridgehead atoms. The largest absolute Gasteiger partial charge is 0.347 e. The van der Waals surface area contributed by atoms with E-state index in [0.29, 0.717) is 22.7 Å². The molecule has 3 aromatic heterocycles. The Kier molecular flexibility index (Phi) is 5.49. The minimum atomic E-state index is -0.220. The number of hydrogen-bond donors (Lipinski definition) is 1. The van der Waals surface area contributed by atoms with Crippen molar-refractivity contribution in [3.63, 3.8) is 0 Å². The Labute approximate surface area is 171 Å². The van der Waals surface area contributed by atoms with Gasteiger partial charge in [-0.05, 0) is 24.3 Å². The Hall–Kier alpha value is -2.59. The van der Waals surface area contributed by atoms with E-state index in [-0.39, 0.29) is 12.5 Å². The summed E-state index contributed by atoms with van der Waals surface area (Å²) in [6, 6.07) is 3.97. The maximum absolute atomic E-state index is 12.5. The highest BCUT2D eigenvalue weighted by Crippen LogP contribution is 2.26. The minimum Gasteiger partial charge on any atom is -0.347 e. The van der Waals surface area contributed by atoms with E-state index in [1.54, 1.807) is 11.3 Å². The number of thiophene rings is 1. The summed E-state index contributed by atoms with van der Waals surface area (Å²) in [6.07, 6.45) is 2.29. The predicted molar refractivity (Wildman–Crippen MR) is 112 cm³/mol. The predicted octanol–water partition coefficient (Wildman–Crippen LogP) is 2.65. The van der Waals surface area contributed by atoms with Crippen LogP contribution in [0.4, 0.5) is 11.9 Å². The second-order valence-corrected chi connectivity index (χ2v) is 8.44. The zero-order valence-electron chi connectivity index (χ0n) is 15.8. The van der Waals surface area contributed by atoms with Crippen molar-refractivity contribution >= 4 is 40.5 Å². The van der Waals surface area contributed by atoms with Crippen LogP contribution >= 0.6 is 22.7 Å². The molecule has 1 N–H and O–H groups in total. The van der Waals surface area contributed by atoms with Gasteiger partial charge in [-0.25, -0.2) is 4.98 Å². The number of nitrogens with zero attached hydrogens (tertiary/aromatic N) is 6. The molecule has 10 heteroatoms. The molecule has 4 heterocycles. The van der Waals surface area contributed by atoms with Gasteiger partial charge in [0.05, 0.1) is 17.1 Å². The lowest BCUT2D eigenvalue weighted by Gasteiger charge is -2.18. The molecular weight excluding hydrogens is 394 g/mol. The molecule has 8 nitrogen and oxygen atoms in total. The minimum absolute atomic E-state index is 0.220. The molecule has 0 spiro atoms. The fourth-order valence-electron chi connectivity index (χ4n) is 2.88. The summed E-state index contributed by atoms with van der Waals surface area (Å²) in [5, 5.41) is 7.21. The van der Waals surface area contributed by atoms with Crippen LogP contribution in [-0.4, -0.2) is 53.0 Å². The SMILES string of the molecule is CN(C)c1nc(CNC(=O)c2nc(-c3cccs3)cs2)nc(N2CCCC2)n1. The second-order valence-electron chi connectivity index (χ2n) is 6.64. The highest BCUT2D eigenvalue weighted by molar-refractivity contribution is 7.15. The van der Waals surface area contributed by atoms with Crippen LogP contribution < -0.4 is 15.1 Å². The fraction of sp³-hybridized carbons (Fsp3) is 0.389. The molecule has 0 atom stereocenters. The molecule has 3 aromatic rings. The molecule has 1 aliphatic heterocycles. The first-order valence-electron chi connectivity index (χ1n) is 9.05. The van der Waals surface area contributed by atoms with Crippen LogP contribution in [0.2, 0.25) is 0 Å². The number of rotatable bonds is 6. The zero-order valence-corrected chi connectivity index (χ0v) is 17.4. The summed E-state index contributed by atoms with van der Waals surface area (Å²) < 4.78 is 0. The lowest BCUT2D eigenvalue weighted by atomic mass is 10.4. The third kappa shape index (κ3) is 4.12. The molecule has 146 valence electrons. The molecule has 1 aliphatic rings. The van der Waals surface area contributed by atoms with Gasteiger partial charge in [-0.3, -0.25) is 4.79 Å². The van der Waals surface area contributed by atoms with Crippen molar-refractivity contribution in [2.24, 2.45) is 0 Å². The molecule has 0 aromatic carbocycles. The maximum Gasteiger partial charge on any atom is 0.280 e. The number of nitrogens with one attached hydrogen (secondary N) is 1. The van der Waals surface area contributed by atoms with Crippen molar-refractivity contribution in [1.29, 1.82) is 0 Å². The van der Waals surface area contributed by atoms with Gasteiger partial charge in [-0.15, -0.1) is 22.7 Å². The summed E-state index contributed by atoms with van der Waals surface area (Å²) in [6.45, 7) is 2.14. The number of hydrogen-bond acceptors (Lipinski definition) is 9. The third-order valence-electron chi connectivity index (χ3n) is 4.33. The average Bonchev–Trinajstić information content (AvgIpc) is 3.47. The lowest BCUT2D eigenvalue weighted by molar-refractivity contribution is 0.0949. The average molecular weight is 416 g/mol. The van der Waals surface area contributed by atoms with Crippen molar-refractivity contribution in [3.05, 3.63) is 33.7 Å². The van der Waals surface area contributed by atoms with Crippen molar-refractivity contribution in [2.45, 2.75) is 19.4 Å². The van der Waals surface area contributed by atoms with E-state index in [9.17, 15) is 4.79 Å². The number of thiazole rings is 1. The van der Waals surface area contributed by atoms with E-state index in [2.05, 4.69) is 30.2 Å². The van der Waals surface area contributed by atoms with Crippen molar-refractivity contribution in [3.8, 4) is 10.6 Å². The van der Waals surface area contributed by atoms with Crippen LogP contribution in [0.25, 0.3) is 10.6 Å². The van der Waals surface area contributed by atoms with Gasteiger partial charge in [-0.2, -0.15) is 15.0 Å². The molecule has 1 fully saturated rings. The van der Waals surface area contributed by atoms with Crippen molar-refractivity contribution in [1.82, 2.24) is 25.3 Å². The molecule has 0 saturated carbocycles. The number of carbonyl (C=O) groups excluding carboxylic acids is 1. The molecule has 28 heavy (non-hydrogen) atoms. The van der Waals surface area contributed by atoms with Gasteiger partial charge in [0.25, 0.3) is 5.91 Å². The van der Waals surface area contributed by atoms with Gasteiger partial charge < -0.3 is 15.1 Å². The van der Waals surface area contributed by atoms with Crippen LogP contribution in [0, 0.1) is 0 Å². The van der Waals surface area contributed by atoms with Crippen LogP contribution in [-0.2, 0) is 6.54 Å². The molecule has 0 radical (unpaired) electrons. The van der Waals surface area contributed by atoms with Gasteiger partial charge in [0.2, 0.25) is 11.9 Å². The summed E-state index contributed by atoms with van der Waals surface area (Å²) in [5.41, 5.74) is 0.830. The molecule has 0 unspecified atom stereocenters. The van der Waals surface area contributed by atoms with Gasteiger partial charge in [0.15, 0.2) is 10.8 Å². The van der Waals surface area contributed by atoms with E-state index < -0.39 is 0 Å². The Morgan fingerprint density at radius 3 is 2.71 bits per heavy atom. The van der Waals surface area contributed by atoms with Crippen molar-refractivity contribution < 1.29 is 4.79 Å².